The van der Waals surface area contributed by atoms with Gasteiger partial charge < -0.3 is 4.98 Å². The summed E-state index contributed by atoms with van der Waals surface area (Å²) in [5.41, 5.74) is 2.46. The molecule has 0 spiro atoms. The van der Waals surface area contributed by atoms with E-state index >= 15 is 0 Å². The van der Waals surface area contributed by atoms with E-state index in [1.807, 2.05) is 22.8 Å². The fourth-order valence-corrected chi connectivity index (χ4v) is 3.70. The summed E-state index contributed by atoms with van der Waals surface area (Å²) in [7, 11) is 0. The molecule has 0 unspecified atom stereocenters. The zero-order valence-electron chi connectivity index (χ0n) is 12.5. The Morgan fingerprint density at radius 3 is 2.91 bits per heavy atom. The lowest BCUT2D eigenvalue weighted by molar-refractivity contribution is 0.690. The first-order valence-electron chi connectivity index (χ1n) is 8.01. The van der Waals surface area contributed by atoms with Crippen LogP contribution in [0, 0.1) is 11.8 Å². The number of H-pyrrole nitrogens is 2. The summed E-state index contributed by atoms with van der Waals surface area (Å²) in [4.78, 5) is 28.1. The number of aromatic amines is 2. The second kappa shape index (κ2) is 4.44. The summed E-state index contributed by atoms with van der Waals surface area (Å²) in [6, 6.07) is 6.07. The number of fused-ring (bicyclic) bond motifs is 1. The van der Waals surface area contributed by atoms with Crippen LogP contribution >= 0.6 is 0 Å². The number of aromatic nitrogens is 4. The molecule has 5 rings (SSSR count). The molecule has 0 aliphatic heterocycles. The monoisotopic (exact) mass is 308 g/mol. The molecular formula is C17H16N4O2. The Morgan fingerprint density at radius 1 is 1.26 bits per heavy atom. The Kier molecular flexibility index (Phi) is 2.48. The largest absolute Gasteiger partial charge is 0.325 e. The Bertz CT molecular complexity index is 1020. The Morgan fingerprint density at radius 2 is 2.13 bits per heavy atom. The molecule has 6 heteroatoms. The van der Waals surface area contributed by atoms with Gasteiger partial charge >= 0.3 is 5.69 Å². The van der Waals surface area contributed by atoms with Crippen molar-refractivity contribution in [3.05, 3.63) is 57.0 Å². The predicted molar refractivity (Wildman–Crippen MR) is 85.4 cm³/mol. The van der Waals surface area contributed by atoms with Crippen molar-refractivity contribution in [2.75, 3.05) is 0 Å². The van der Waals surface area contributed by atoms with Crippen molar-refractivity contribution in [3.8, 4) is 11.3 Å². The number of hydrogen-bond donors (Lipinski definition) is 2. The Balaban J connectivity index is 1.67. The standard InChI is InChI=1S/C17H16N4O2/c22-16-13(8-18-17(23)19-16)14-7-12(11-6-10(11)9-3-4-9)15-2-1-5-21(15)20-14/h1-2,5,7-11H,3-4,6H2,(H2,18,19,22,23)/t10-,11+/m1/s1. The van der Waals surface area contributed by atoms with Crippen LogP contribution in [0.4, 0.5) is 0 Å². The second-order valence-corrected chi connectivity index (χ2v) is 6.65. The SMILES string of the molecule is O=c1[nH]cc(-c2cc([C@H]3C[C@@H]3C3CC3)c3cccn3n2)c(=O)[nH]1. The third kappa shape index (κ3) is 2.05. The molecule has 0 saturated heterocycles. The van der Waals surface area contributed by atoms with E-state index in [0.29, 0.717) is 17.2 Å². The van der Waals surface area contributed by atoms with Crippen LogP contribution in [0.15, 0.2) is 40.2 Å². The molecule has 0 aromatic carbocycles. The van der Waals surface area contributed by atoms with Crippen LogP contribution in [0.25, 0.3) is 16.8 Å². The lowest BCUT2D eigenvalue weighted by Crippen LogP contribution is -2.23. The average molecular weight is 308 g/mol. The summed E-state index contributed by atoms with van der Waals surface area (Å²) in [5, 5.41) is 4.53. The molecule has 3 heterocycles. The van der Waals surface area contributed by atoms with Crippen molar-refractivity contribution in [1.82, 2.24) is 19.6 Å². The van der Waals surface area contributed by atoms with E-state index in [1.54, 1.807) is 0 Å². The molecule has 0 radical (unpaired) electrons. The third-order valence-corrected chi connectivity index (χ3v) is 5.09. The Hall–Kier alpha value is -2.63. The first-order valence-corrected chi connectivity index (χ1v) is 8.01. The third-order valence-electron chi connectivity index (χ3n) is 5.09. The minimum Gasteiger partial charge on any atom is -0.313 e. The molecule has 2 aliphatic carbocycles. The average Bonchev–Trinajstić information content (AvgIpc) is 3.42. The van der Waals surface area contributed by atoms with Crippen molar-refractivity contribution < 1.29 is 0 Å². The number of nitrogens with zero attached hydrogens (tertiary/aromatic N) is 2. The number of rotatable bonds is 3. The highest BCUT2D eigenvalue weighted by molar-refractivity contribution is 5.65. The fraction of sp³-hybridized carbons (Fsp3) is 0.353. The van der Waals surface area contributed by atoms with Crippen molar-refractivity contribution in [1.29, 1.82) is 0 Å². The zero-order chi connectivity index (χ0) is 15.6. The molecule has 6 nitrogen and oxygen atoms in total. The molecule has 2 aliphatic rings. The van der Waals surface area contributed by atoms with E-state index < -0.39 is 11.2 Å². The topological polar surface area (TPSA) is 83.0 Å². The maximum Gasteiger partial charge on any atom is 0.325 e. The summed E-state index contributed by atoms with van der Waals surface area (Å²) in [5.74, 6) is 2.25. The van der Waals surface area contributed by atoms with Gasteiger partial charge in [0.15, 0.2) is 0 Å². The van der Waals surface area contributed by atoms with E-state index in [0.717, 1.165) is 17.4 Å². The van der Waals surface area contributed by atoms with Gasteiger partial charge in [0, 0.05) is 12.4 Å². The van der Waals surface area contributed by atoms with Crippen LogP contribution in [-0.2, 0) is 0 Å². The van der Waals surface area contributed by atoms with Crippen LogP contribution in [0.1, 0.15) is 30.7 Å². The molecule has 2 atom stereocenters. The first-order chi connectivity index (χ1) is 11.2. The molecule has 23 heavy (non-hydrogen) atoms. The normalized spacial score (nSPS) is 23.3. The van der Waals surface area contributed by atoms with E-state index in [-0.39, 0.29) is 0 Å². The van der Waals surface area contributed by atoms with Gasteiger partial charge in [-0.1, -0.05) is 0 Å². The molecule has 2 saturated carbocycles. The summed E-state index contributed by atoms with van der Waals surface area (Å²) < 4.78 is 1.83. The Labute approximate surface area is 131 Å². The highest BCUT2D eigenvalue weighted by Gasteiger charge is 2.48. The molecule has 0 amide bonds. The molecule has 2 fully saturated rings. The van der Waals surface area contributed by atoms with Crippen LogP contribution < -0.4 is 11.2 Å². The molecule has 3 aromatic heterocycles. The highest BCUT2D eigenvalue weighted by Crippen LogP contribution is 2.60. The quantitative estimate of drug-likeness (QED) is 0.775. The van der Waals surface area contributed by atoms with Crippen molar-refractivity contribution >= 4 is 5.52 Å². The summed E-state index contributed by atoms with van der Waals surface area (Å²) in [6.07, 6.45) is 7.29. The molecule has 0 bridgehead atoms. The molecule has 116 valence electrons. The van der Waals surface area contributed by atoms with E-state index in [2.05, 4.69) is 21.1 Å². The van der Waals surface area contributed by atoms with Gasteiger partial charge in [-0.25, -0.2) is 9.31 Å². The smallest absolute Gasteiger partial charge is 0.313 e. The van der Waals surface area contributed by atoms with Gasteiger partial charge in [0.05, 0.1) is 16.8 Å². The minimum absolute atomic E-state index is 0.394. The highest BCUT2D eigenvalue weighted by atomic mass is 16.2. The molecule has 2 N–H and O–H groups in total. The number of nitrogens with one attached hydrogen (secondary N) is 2. The van der Waals surface area contributed by atoms with Gasteiger partial charge in [0.2, 0.25) is 0 Å². The first kappa shape index (κ1) is 12.9. The van der Waals surface area contributed by atoms with E-state index in [4.69, 9.17) is 0 Å². The van der Waals surface area contributed by atoms with Gasteiger partial charge in [-0.15, -0.1) is 0 Å². The minimum atomic E-state index is -0.503. The van der Waals surface area contributed by atoms with Crippen molar-refractivity contribution in [2.24, 2.45) is 11.8 Å². The summed E-state index contributed by atoms with van der Waals surface area (Å²) in [6.45, 7) is 0. The number of hydrogen-bond acceptors (Lipinski definition) is 3. The zero-order valence-corrected chi connectivity index (χ0v) is 12.5. The van der Waals surface area contributed by atoms with Crippen molar-refractivity contribution in [3.63, 3.8) is 0 Å². The lowest BCUT2D eigenvalue weighted by atomic mass is 10.1. The maximum absolute atomic E-state index is 12.1. The van der Waals surface area contributed by atoms with Crippen LogP contribution in [0.5, 0.6) is 0 Å². The van der Waals surface area contributed by atoms with Gasteiger partial charge in [-0.3, -0.25) is 9.78 Å². The summed E-state index contributed by atoms with van der Waals surface area (Å²) >= 11 is 0. The van der Waals surface area contributed by atoms with Gasteiger partial charge in [0.1, 0.15) is 0 Å². The van der Waals surface area contributed by atoms with Gasteiger partial charge in [0.25, 0.3) is 5.56 Å². The van der Waals surface area contributed by atoms with Crippen molar-refractivity contribution in [2.45, 2.75) is 25.2 Å². The van der Waals surface area contributed by atoms with E-state index in [1.165, 1.54) is 31.0 Å². The fourth-order valence-electron chi connectivity index (χ4n) is 3.70. The predicted octanol–water partition coefficient (Wildman–Crippen LogP) is 1.89. The van der Waals surface area contributed by atoms with Gasteiger partial charge in [-0.05, 0) is 60.8 Å². The maximum atomic E-state index is 12.1. The molecular weight excluding hydrogens is 292 g/mol. The lowest BCUT2D eigenvalue weighted by Gasteiger charge is -2.08. The molecule has 3 aromatic rings. The van der Waals surface area contributed by atoms with Crippen LogP contribution in [-0.4, -0.2) is 19.6 Å². The van der Waals surface area contributed by atoms with Crippen LogP contribution in [0.3, 0.4) is 0 Å². The van der Waals surface area contributed by atoms with Crippen LogP contribution in [0.2, 0.25) is 0 Å². The second-order valence-electron chi connectivity index (χ2n) is 6.65. The van der Waals surface area contributed by atoms with E-state index in [9.17, 15) is 9.59 Å². The van der Waals surface area contributed by atoms with Gasteiger partial charge in [-0.2, -0.15) is 5.10 Å².